The minimum Gasteiger partial charge on any atom is -0.379 e. The number of terminal acetylenes is 1. The lowest BCUT2D eigenvalue weighted by atomic mass is 10.1. The maximum absolute atomic E-state index is 5.50. The standard InChI is InChI=1S/C10H18O2/c1-5-7-10(3,4)12-9-8-11-6-2/h1H,6-9H2,2-4H3. The van der Waals surface area contributed by atoms with Gasteiger partial charge in [-0.3, -0.25) is 0 Å². The normalized spacial score (nSPS) is 11.2. The Labute approximate surface area is 75.3 Å². The highest BCUT2D eigenvalue weighted by Gasteiger charge is 2.15. The van der Waals surface area contributed by atoms with Crippen LogP contribution in [-0.2, 0) is 9.47 Å². The van der Waals surface area contributed by atoms with Gasteiger partial charge >= 0.3 is 0 Å². The molecule has 0 N–H and O–H groups in total. The first-order valence-electron chi connectivity index (χ1n) is 4.27. The van der Waals surface area contributed by atoms with Gasteiger partial charge in [0.25, 0.3) is 0 Å². The maximum atomic E-state index is 5.50. The zero-order valence-corrected chi connectivity index (χ0v) is 8.22. The number of ether oxygens (including phenoxy) is 2. The highest BCUT2D eigenvalue weighted by Crippen LogP contribution is 2.12. The van der Waals surface area contributed by atoms with Gasteiger partial charge in [0.15, 0.2) is 0 Å². The first-order chi connectivity index (χ1) is 5.62. The van der Waals surface area contributed by atoms with Crippen LogP contribution in [-0.4, -0.2) is 25.4 Å². The molecule has 70 valence electrons. The molecule has 2 nitrogen and oxygen atoms in total. The second kappa shape index (κ2) is 6.05. The van der Waals surface area contributed by atoms with Gasteiger partial charge in [0.1, 0.15) is 0 Å². The van der Waals surface area contributed by atoms with Gasteiger partial charge in [-0.25, -0.2) is 0 Å². The molecule has 0 fully saturated rings. The van der Waals surface area contributed by atoms with Crippen LogP contribution in [0.25, 0.3) is 0 Å². The van der Waals surface area contributed by atoms with E-state index in [1.165, 1.54) is 0 Å². The largest absolute Gasteiger partial charge is 0.379 e. The van der Waals surface area contributed by atoms with E-state index in [2.05, 4.69) is 5.92 Å². The van der Waals surface area contributed by atoms with Gasteiger partial charge in [-0.05, 0) is 20.8 Å². The lowest BCUT2D eigenvalue weighted by Gasteiger charge is -2.22. The molecule has 0 aromatic heterocycles. The third-order valence-corrected chi connectivity index (χ3v) is 1.45. The minimum atomic E-state index is -0.216. The molecule has 0 aliphatic carbocycles. The Morgan fingerprint density at radius 1 is 1.33 bits per heavy atom. The Morgan fingerprint density at radius 2 is 2.00 bits per heavy atom. The Balaban J connectivity index is 3.42. The highest BCUT2D eigenvalue weighted by molar-refractivity contribution is 4.91. The third-order valence-electron chi connectivity index (χ3n) is 1.45. The van der Waals surface area contributed by atoms with Gasteiger partial charge in [0, 0.05) is 13.0 Å². The van der Waals surface area contributed by atoms with Crippen molar-refractivity contribution in [3.05, 3.63) is 0 Å². The molecule has 0 amide bonds. The van der Waals surface area contributed by atoms with E-state index in [4.69, 9.17) is 15.9 Å². The Morgan fingerprint density at radius 3 is 2.50 bits per heavy atom. The molecular weight excluding hydrogens is 152 g/mol. The summed E-state index contributed by atoms with van der Waals surface area (Å²) < 4.78 is 10.6. The van der Waals surface area contributed by atoms with Crippen molar-refractivity contribution in [3.63, 3.8) is 0 Å². The van der Waals surface area contributed by atoms with Crippen molar-refractivity contribution in [3.8, 4) is 12.3 Å². The molecule has 0 aromatic carbocycles. The smallest absolute Gasteiger partial charge is 0.0736 e. The van der Waals surface area contributed by atoms with Crippen LogP contribution in [0.4, 0.5) is 0 Å². The van der Waals surface area contributed by atoms with Crippen molar-refractivity contribution < 1.29 is 9.47 Å². The van der Waals surface area contributed by atoms with E-state index < -0.39 is 0 Å². The Hall–Kier alpha value is -0.520. The topological polar surface area (TPSA) is 18.5 Å². The van der Waals surface area contributed by atoms with Crippen LogP contribution >= 0.6 is 0 Å². The molecule has 0 aromatic rings. The minimum absolute atomic E-state index is 0.216. The van der Waals surface area contributed by atoms with Crippen LogP contribution < -0.4 is 0 Å². The summed E-state index contributed by atoms with van der Waals surface area (Å²) in [6, 6.07) is 0. The predicted octanol–water partition coefficient (Wildman–Crippen LogP) is 1.84. The van der Waals surface area contributed by atoms with Crippen LogP contribution in [0.15, 0.2) is 0 Å². The van der Waals surface area contributed by atoms with E-state index >= 15 is 0 Å². The summed E-state index contributed by atoms with van der Waals surface area (Å²) in [7, 11) is 0. The van der Waals surface area contributed by atoms with E-state index in [-0.39, 0.29) is 5.60 Å². The monoisotopic (exact) mass is 170 g/mol. The summed E-state index contributed by atoms with van der Waals surface area (Å²) in [5, 5.41) is 0. The first-order valence-corrected chi connectivity index (χ1v) is 4.27. The van der Waals surface area contributed by atoms with Crippen LogP contribution in [0.1, 0.15) is 27.2 Å². The van der Waals surface area contributed by atoms with Gasteiger partial charge in [-0.15, -0.1) is 12.3 Å². The average Bonchev–Trinajstić information content (AvgIpc) is 1.98. The summed E-state index contributed by atoms with van der Waals surface area (Å²) in [6.07, 6.45) is 5.82. The molecule has 12 heavy (non-hydrogen) atoms. The zero-order valence-electron chi connectivity index (χ0n) is 8.22. The van der Waals surface area contributed by atoms with Gasteiger partial charge < -0.3 is 9.47 Å². The van der Waals surface area contributed by atoms with Crippen molar-refractivity contribution in [2.45, 2.75) is 32.8 Å². The molecule has 0 atom stereocenters. The fourth-order valence-corrected chi connectivity index (χ4v) is 0.818. The number of rotatable bonds is 6. The van der Waals surface area contributed by atoms with Crippen molar-refractivity contribution in [2.24, 2.45) is 0 Å². The second-order valence-electron chi connectivity index (χ2n) is 3.19. The van der Waals surface area contributed by atoms with Crippen LogP contribution in [0.5, 0.6) is 0 Å². The third kappa shape index (κ3) is 6.21. The molecule has 0 spiro atoms. The maximum Gasteiger partial charge on any atom is 0.0736 e. The van der Waals surface area contributed by atoms with Crippen LogP contribution in [0.3, 0.4) is 0 Å². The summed E-state index contributed by atoms with van der Waals surface area (Å²) in [5.41, 5.74) is -0.216. The SMILES string of the molecule is C#CCC(C)(C)OCCOCC. The van der Waals surface area contributed by atoms with E-state index in [1.54, 1.807) is 0 Å². The van der Waals surface area contributed by atoms with Crippen molar-refractivity contribution >= 4 is 0 Å². The summed E-state index contributed by atoms with van der Waals surface area (Å²) in [6.45, 7) is 7.93. The molecule has 0 rings (SSSR count). The van der Waals surface area contributed by atoms with E-state index in [0.717, 1.165) is 6.61 Å². The molecule has 0 bridgehead atoms. The first kappa shape index (κ1) is 11.5. The molecular formula is C10H18O2. The molecule has 0 unspecified atom stereocenters. The number of hydrogen-bond acceptors (Lipinski definition) is 2. The van der Waals surface area contributed by atoms with Crippen LogP contribution in [0, 0.1) is 12.3 Å². The average molecular weight is 170 g/mol. The Bertz CT molecular complexity index is 144. The van der Waals surface area contributed by atoms with Gasteiger partial charge in [0.2, 0.25) is 0 Å². The summed E-state index contributed by atoms with van der Waals surface area (Å²) in [5.74, 6) is 2.58. The molecule has 0 radical (unpaired) electrons. The fraction of sp³-hybridized carbons (Fsp3) is 0.800. The summed E-state index contributed by atoms with van der Waals surface area (Å²) >= 11 is 0. The molecule has 0 saturated carbocycles. The highest BCUT2D eigenvalue weighted by atomic mass is 16.5. The quantitative estimate of drug-likeness (QED) is 0.447. The lowest BCUT2D eigenvalue weighted by Crippen LogP contribution is -2.25. The molecule has 2 heteroatoms. The van der Waals surface area contributed by atoms with Crippen molar-refractivity contribution in [1.29, 1.82) is 0 Å². The van der Waals surface area contributed by atoms with E-state index in [9.17, 15) is 0 Å². The van der Waals surface area contributed by atoms with Gasteiger partial charge in [-0.1, -0.05) is 0 Å². The van der Waals surface area contributed by atoms with E-state index in [0.29, 0.717) is 19.6 Å². The number of hydrogen-bond donors (Lipinski definition) is 0. The van der Waals surface area contributed by atoms with Crippen molar-refractivity contribution in [2.75, 3.05) is 19.8 Å². The predicted molar refractivity (Wildman–Crippen MR) is 50.0 cm³/mol. The summed E-state index contributed by atoms with van der Waals surface area (Å²) in [4.78, 5) is 0. The van der Waals surface area contributed by atoms with Crippen LogP contribution in [0.2, 0.25) is 0 Å². The molecule has 0 aliphatic heterocycles. The molecule has 0 heterocycles. The van der Waals surface area contributed by atoms with Crippen molar-refractivity contribution in [1.82, 2.24) is 0 Å². The Kier molecular flexibility index (Phi) is 5.79. The second-order valence-corrected chi connectivity index (χ2v) is 3.19. The molecule has 0 saturated heterocycles. The molecule has 0 aliphatic rings. The fourth-order valence-electron chi connectivity index (χ4n) is 0.818. The van der Waals surface area contributed by atoms with E-state index in [1.807, 2.05) is 20.8 Å². The van der Waals surface area contributed by atoms with Gasteiger partial charge in [0.05, 0.1) is 18.8 Å². The zero-order chi connectivity index (χ0) is 9.45. The van der Waals surface area contributed by atoms with Gasteiger partial charge in [-0.2, -0.15) is 0 Å². The lowest BCUT2D eigenvalue weighted by molar-refractivity contribution is -0.0412.